The number of hydrogen-bond donors (Lipinski definition) is 1. The summed E-state index contributed by atoms with van der Waals surface area (Å²) in [5.41, 5.74) is 3.89. The number of benzene rings is 2. The van der Waals surface area contributed by atoms with Gasteiger partial charge in [0.1, 0.15) is 6.54 Å². The molecule has 0 spiro atoms. The number of tetrazole rings is 1. The Hall–Kier alpha value is -2.97. The van der Waals surface area contributed by atoms with Gasteiger partial charge in [-0.25, -0.2) is 4.68 Å². The normalized spacial score (nSPS) is 16.7. The Labute approximate surface area is 176 Å². The SMILES string of the molecule is COCCn1nnnc1[C@@H](c1ccc(OC)c(OC)c1)[NH+]1CCc2ccccc2C1. The van der Waals surface area contributed by atoms with Crippen molar-refractivity contribution in [2.75, 3.05) is 34.5 Å². The third-order valence-electron chi connectivity index (χ3n) is 5.73. The van der Waals surface area contributed by atoms with Crippen LogP contribution >= 0.6 is 0 Å². The van der Waals surface area contributed by atoms with E-state index in [1.165, 1.54) is 16.0 Å². The molecule has 1 aliphatic rings. The maximum Gasteiger partial charge on any atom is 0.214 e. The molecule has 0 radical (unpaired) electrons. The van der Waals surface area contributed by atoms with Gasteiger partial charge in [-0.3, -0.25) is 0 Å². The van der Waals surface area contributed by atoms with Crippen molar-refractivity contribution in [1.29, 1.82) is 0 Å². The van der Waals surface area contributed by atoms with E-state index in [1.807, 2.05) is 16.8 Å². The highest BCUT2D eigenvalue weighted by molar-refractivity contribution is 5.44. The highest BCUT2D eigenvalue weighted by Gasteiger charge is 2.34. The number of rotatable bonds is 8. The second kappa shape index (κ2) is 9.23. The minimum atomic E-state index is -0.0370. The Morgan fingerprint density at radius 1 is 1.03 bits per heavy atom. The third kappa shape index (κ3) is 4.01. The first-order valence-corrected chi connectivity index (χ1v) is 10.1. The van der Waals surface area contributed by atoms with Gasteiger partial charge in [0.25, 0.3) is 0 Å². The van der Waals surface area contributed by atoms with Crippen molar-refractivity contribution >= 4 is 0 Å². The van der Waals surface area contributed by atoms with Crippen LogP contribution in [0.15, 0.2) is 42.5 Å². The van der Waals surface area contributed by atoms with Gasteiger partial charge in [-0.1, -0.05) is 24.3 Å². The van der Waals surface area contributed by atoms with Crippen LogP contribution in [0, 0.1) is 0 Å². The molecule has 0 bridgehead atoms. The van der Waals surface area contributed by atoms with Crippen LogP contribution < -0.4 is 14.4 Å². The fourth-order valence-electron chi connectivity index (χ4n) is 4.20. The molecule has 1 aromatic heterocycles. The average molecular weight is 410 g/mol. The molecule has 8 nitrogen and oxygen atoms in total. The standard InChI is InChI=1S/C22H27N5O3/c1-28-13-12-27-22(23-24-25-27)21(17-8-9-19(29-2)20(14-17)30-3)26-11-10-16-6-4-5-7-18(16)15-26/h4-9,14,21H,10-13,15H2,1-3H3/p+1/t21-/m1/s1. The molecule has 4 rings (SSSR count). The van der Waals surface area contributed by atoms with Crippen molar-refractivity contribution in [2.45, 2.75) is 25.6 Å². The summed E-state index contributed by atoms with van der Waals surface area (Å²) in [7, 11) is 4.99. The second-order valence-corrected chi connectivity index (χ2v) is 7.40. The van der Waals surface area contributed by atoms with Crippen molar-refractivity contribution in [1.82, 2.24) is 20.2 Å². The quantitative estimate of drug-likeness (QED) is 0.599. The third-order valence-corrected chi connectivity index (χ3v) is 5.73. The number of methoxy groups -OCH3 is 3. The van der Waals surface area contributed by atoms with Crippen LogP contribution in [0.5, 0.6) is 11.5 Å². The van der Waals surface area contributed by atoms with E-state index in [0.717, 1.165) is 30.9 Å². The van der Waals surface area contributed by atoms with Gasteiger partial charge in [0, 0.05) is 24.7 Å². The number of fused-ring (bicyclic) bond motifs is 1. The van der Waals surface area contributed by atoms with E-state index < -0.39 is 0 Å². The first-order chi connectivity index (χ1) is 14.7. The highest BCUT2D eigenvalue weighted by Crippen LogP contribution is 2.31. The van der Waals surface area contributed by atoms with Crippen molar-refractivity contribution in [3.63, 3.8) is 0 Å². The molecule has 8 heteroatoms. The Balaban J connectivity index is 1.76. The van der Waals surface area contributed by atoms with Crippen molar-refractivity contribution in [2.24, 2.45) is 0 Å². The number of quaternary nitrogens is 1. The number of nitrogens with one attached hydrogen (secondary N) is 1. The van der Waals surface area contributed by atoms with Gasteiger partial charge >= 0.3 is 0 Å². The largest absolute Gasteiger partial charge is 0.493 e. The van der Waals surface area contributed by atoms with Crippen molar-refractivity contribution in [3.8, 4) is 11.5 Å². The summed E-state index contributed by atoms with van der Waals surface area (Å²) in [6.45, 7) is 3.06. The second-order valence-electron chi connectivity index (χ2n) is 7.40. The molecule has 0 amide bonds. The van der Waals surface area contributed by atoms with Crippen LogP contribution in [-0.2, 0) is 24.2 Å². The molecule has 1 N–H and O–H groups in total. The Morgan fingerprint density at radius 3 is 2.60 bits per heavy atom. The smallest absolute Gasteiger partial charge is 0.214 e. The Bertz CT molecular complexity index is 990. The lowest BCUT2D eigenvalue weighted by atomic mass is 9.95. The maximum absolute atomic E-state index is 5.57. The van der Waals surface area contributed by atoms with E-state index in [-0.39, 0.29) is 6.04 Å². The van der Waals surface area contributed by atoms with Crippen LogP contribution in [0.1, 0.15) is 28.6 Å². The van der Waals surface area contributed by atoms with Gasteiger partial charge in [-0.15, -0.1) is 5.10 Å². The van der Waals surface area contributed by atoms with Crippen LogP contribution in [0.4, 0.5) is 0 Å². The molecule has 0 fully saturated rings. The molecule has 0 saturated heterocycles. The molecule has 0 saturated carbocycles. The van der Waals surface area contributed by atoms with E-state index in [9.17, 15) is 0 Å². The van der Waals surface area contributed by atoms with E-state index in [0.29, 0.717) is 24.7 Å². The maximum atomic E-state index is 5.57. The van der Waals surface area contributed by atoms with Crippen LogP contribution in [-0.4, -0.2) is 54.7 Å². The summed E-state index contributed by atoms with van der Waals surface area (Å²) in [5.74, 6) is 2.24. The molecular formula is C22H28N5O3+. The van der Waals surface area contributed by atoms with Gasteiger partial charge < -0.3 is 19.1 Å². The van der Waals surface area contributed by atoms with Gasteiger partial charge in [-0.05, 0) is 34.2 Å². The van der Waals surface area contributed by atoms with Crippen LogP contribution in [0.3, 0.4) is 0 Å². The predicted molar refractivity (Wildman–Crippen MR) is 111 cm³/mol. The topological polar surface area (TPSA) is 75.7 Å². The number of aromatic nitrogens is 4. The number of hydrogen-bond acceptors (Lipinski definition) is 6. The van der Waals surface area contributed by atoms with E-state index in [4.69, 9.17) is 14.2 Å². The summed E-state index contributed by atoms with van der Waals surface area (Å²) in [6.07, 6.45) is 1.02. The van der Waals surface area contributed by atoms with Crippen molar-refractivity contribution in [3.05, 3.63) is 65.0 Å². The Kier molecular flexibility index (Phi) is 6.25. The zero-order valence-corrected chi connectivity index (χ0v) is 17.7. The zero-order valence-electron chi connectivity index (χ0n) is 17.7. The molecule has 158 valence electrons. The molecule has 2 heterocycles. The average Bonchev–Trinajstić information content (AvgIpc) is 3.25. The fourth-order valence-corrected chi connectivity index (χ4v) is 4.20. The lowest BCUT2D eigenvalue weighted by Gasteiger charge is -2.32. The van der Waals surface area contributed by atoms with Gasteiger partial charge in [0.2, 0.25) is 5.82 Å². The molecule has 2 aromatic carbocycles. The van der Waals surface area contributed by atoms with Crippen LogP contribution in [0.2, 0.25) is 0 Å². The summed E-state index contributed by atoms with van der Waals surface area (Å²) in [5, 5.41) is 12.6. The molecular weight excluding hydrogens is 382 g/mol. The fraction of sp³-hybridized carbons (Fsp3) is 0.409. The monoisotopic (exact) mass is 410 g/mol. The van der Waals surface area contributed by atoms with Gasteiger partial charge in [-0.2, -0.15) is 0 Å². The van der Waals surface area contributed by atoms with E-state index >= 15 is 0 Å². The molecule has 30 heavy (non-hydrogen) atoms. The number of ether oxygens (including phenoxy) is 3. The predicted octanol–water partition coefficient (Wildman–Crippen LogP) is 1.07. The highest BCUT2D eigenvalue weighted by atomic mass is 16.5. The first kappa shape index (κ1) is 20.3. The van der Waals surface area contributed by atoms with E-state index in [1.54, 1.807) is 21.3 Å². The molecule has 2 atom stereocenters. The molecule has 1 aliphatic heterocycles. The summed E-state index contributed by atoms with van der Waals surface area (Å²) in [4.78, 5) is 1.40. The number of nitrogens with zero attached hydrogens (tertiary/aromatic N) is 4. The van der Waals surface area contributed by atoms with Gasteiger partial charge in [0.05, 0.1) is 33.9 Å². The first-order valence-electron chi connectivity index (χ1n) is 10.1. The van der Waals surface area contributed by atoms with Crippen LogP contribution in [0.25, 0.3) is 0 Å². The summed E-state index contributed by atoms with van der Waals surface area (Å²) < 4.78 is 18.1. The zero-order chi connectivity index (χ0) is 20.9. The Morgan fingerprint density at radius 2 is 1.83 bits per heavy atom. The summed E-state index contributed by atoms with van der Waals surface area (Å²) in [6, 6.07) is 14.7. The molecule has 0 aliphatic carbocycles. The van der Waals surface area contributed by atoms with Crippen molar-refractivity contribution < 1.29 is 19.1 Å². The molecule has 3 aromatic rings. The van der Waals surface area contributed by atoms with E-state index in [2.05, 4.69) is 45.9 Å². The van der Waals surface area contributed by atoms with Gasteiger partial charge in [0.15, 0.2) is 17.5 Å². The molecule has 1 unspecified atom stereocenters. The minimum Gasteiger partial charge on any atom is -0.493 e. The minimum absolute atomic E-state index is 0.0370. The lowest BCUT2D eigenvalue weighted by Crippen LogP contribution is -3.12. The lowest BCUT2D eigenvalue weighted by molar-refractivity contribution is -0.941. The summed E-state index contributed by atoms with van der Waals surface area (Å²) >= 11 is 0.